The van der Waals surface area contributed by atoms with E-state index in [1.54, 1.807) is 18.2 Å². The maximum absolute atomic E-state index is 15.4. The van der Waals surface area contributed by atoms with Crippen LogP contribution in [0.15, 0.2) is 60.8 Å². The number of methoxy groups -OCH3 is 1. The van der Waals surface area contributed by atoms with Crippen LogP contribution in [0.4, 0.5) is 13.2 Å². The molecule has 0 amide bonds. The summed E-state index contributed by atoms with van der Waals surface area (Å²) in [7, 11) is 1.30. The fourth-order valence-corrected chi connectivity index (χ4v) is 4.85. The van der Waals surface area contributed by atoms with E-state index in [0.717, 1.165) is 29.3 Å². The number of halogens is 3. The fraction of sp³-hybridized carbons (Fsp3) is 0.226. The van der Waals surface area contributed by atoms with Crippen molar-refractivity contribution in [3.63, 3.8) is 0 Å². The molecule has 0 bridgehead atoms. The lowest BCUT2D eigenvalue weighted by Gasteiger charge is -2.27. The summed E-state index contributed by atoms with van der Waals surface area (Å²) in [4.78, 5) is 16.8. The SMILES string of the molecule is COC(=O)c1ccc2nc(Cc3cc(F)c(-n4ccc(OCc5ccc(C#N)cc5F)n4)cc3F)n(C[C@@H]3CCO3)c2c1. The van der Waals surface area contributed by atoms with Crippen LogP contribution in [-0.2, 0) is 29.0 Å². The molecule has 0 N–H and O–H groups in total. The predicted molar refractivity (Wildman–Crippen MR) is 147 cm³/mol. The molecule has 6 rings (SSSR count). The summed E-state index contributed by atoms with van der Waals surface area (Å²) < 4.78 is 63.8. The Bertz CT molecular complexity index is 1890. The highest BCUT2D eigenvalue weighted by Gasteiger charge is 2.24. The Morgan fingerprint density at radius 2 is 1.88 bits per heavy atom. The number of carbonyl (C=O) groups is 1. The molecule has 5 aromatic rings. The highest BCUT2D eigenvalue weighted by atomic mass is 19.1. The highest BCUT2D eigenvalue weighted by Crippen LogP contribution is 2.27. The average molecular weight is 588 g/mol. The molecule has 12 heteroatoms. The van der Waals surface area contributed by atoms with Gasteiger partial charge in [0, 0.05) is 36.9 Å². The minimum atomic E-state index is -0.720. The van der Waals surface area contributed by atoms with E-state index in [4.69, 9.17) is 19.5 Å². The molecule has 1 fully saturated rings. The van der Waals surface area contributed by atoms with Gasteiger partial charge in [0.05, 0.1) is 48.0 Å². The second kappa shape index (κ2) is 11.6. The van der Waals surface area contributed by atoms with Gasteiger partial charge in [-0.1, -0.05) is 6.07 Å². The third kappa shape index (κ3) is 5.67. The molecule has 0 aliphatic carbocycles. The number of nitriles is 1. The van der Waals surface area contributed by atoms with Gasteiger partial charge in [0.15, 0.2) is 0 Å². The Kier molecular flexibility index (Phi) is 7.56. The lowest BCUT2D eigenvalue weighted by Crippen LogP contribution is -2.31. The molecule has 0 spiro atoms. The zero-order chi connectivity index (χ0) is 30.1. The molecular weight excluding hydrogens is 563 g/mol. The molecule has 1 atom stereocenters. The number of aromatic nitrogens is 4. The Hall–Kier alpha value is -5.15. The summed E-state index contributed by atoms with van der Waals surface area (Å²) in [5.41, 5.74) is 1.96. The molecule has 1 saturated heterocycles. The second-order valence-corrected chi connectivity index (χ2v) is 9.99. The van der Waals surface area contributed by atoms with E-state index in [0.29, 0.717) is 35.6 Å². The van der Waals surface area contributed by atoms with E-state index < -0.39 is 23.4 Å². The zero-order valence-electron chi connectivity index (χ0n) is 22.9. The normalized spacial score (nSPS) is 14.3. The topological polar surface area (TPSA) is 104 Å². The first-order chi connectivity index (χ1) is 20.8. The number of hydrogen-bond acceptors (Lipinski definition) is 7. The maximum Gasteiger partial charge on any atom is 0.337 e. The van der Waals surface area contributed by atoms with E-state index in [1.165, 1.54) is 31.5 Å². The first kappa shape index (κ1) is 28.0. The van der Waals surface area contributed by atoms with Gasteiger partial charge in [-0.3, -0.25) is 0 Å². The largest absolute Gasteiger partial charge is 0.472 e. The number of fused-ring (bicyclic) bond motifs is 1. The second-order valence-electron chi connectivity index (χ2n) is 9.99. The summed E-state index contributed by atoms with van der Waals surface area (Å²) in [5.74, 6) is -1.91. The highest BCUT2D eigenvalue weighted by molar-refractivity contribution is 5.93. The Labute approximate surface area is 243 Å². The van der Waals surface area contributed by atoms with E-state index in [1.807, 2.05) is 10.6 Å². The van der Waals surface area contributed by atoms with Gasteiger partial charge >= 0.3 is 5.97 Å². The van der Waals surface area contributed by atoms with Crippen LogP contribution in [0.1, 0.15) is 39.3 Å². The van der Waals surface area contributed by atoms with Gasteiger partial charge in [0.1, 0.15) is 35.6 Å². The first-order valence-electron chi connectivity index (χ1n) is 13.4. The van der Waals surface area contributed by atoms with Crippen LogP contribution in [0.25, 0.3) is 16.7 Å². The van der Waals surface area contributed by atoms with Crippen molar-refractivity contribution < 1.29 is 32.2 Å². The van der Waals surface area contributed by atoms with Crippen LogP contribution < -0.4 is 4.74 Å². The molecule has 1 aliphatic heterocycles. The standard InChI is InChI=1S/C31H24F3N5O4/c1-41-31(40)19-4-5-26-28(12-19)38(16-22-7-9-42-22)29(36-26)13-21-11-25(34)27(14-24(21)33)39-8-6-30(37-39)43-17-20-3-2-18(15-35)10-23(20)32/h2-6,8,10-12,14,22H,7,9,13,16-17H2,1H3/t22-/m0/s1. The predicted octanol–water partition coefficient (Wildman–Crippen LogP) is 5.26. The molecule has 2 aromatic heterocycles. The molecule has 3 heterocycles. The van der Waals surface area contributed by atoms with Gasteiger partial charge < -0.3 is 18.8 Å². The summed E-state index contributed by atoms with van der Waals surface area (Å²) >= 11 is 0. The minimum Gasteiger partial charge on any atom is -0.472 e. The zero-order valence-corrected chi connectivity index (χ0v) is 22.9. The van der Waals surface area contributed by atoms with Gasteiger partial charge in [-0.05, 0) is 48.4 Å². The number of ether oxygens (including phenoxy) is 3. The summed E-state index contributed by atoms with van der Waals surface area (Å²) in [6.07, 6.45) is 2.19. The number of imidazole rings is 1. The van der Waals surface area contributed by atoms with Gasteiger partial charge in [-0.25, -0.2) is 27.6 Å². The molecular formula is C31H24F3N5O4. The van der Waals surface area contributed by atoms with E-state index in [2.05, 4.69) is 10.1 Å². The third-order valence-corrected chi connectivity index (χ3v) is 7.26. The van der Waals surface area contributed by atoms with E-state index in [-0.39, 0.29) is 47.4 Å². The van der Waals surface area contributed by atoms with Crippen molar-refractivity contribution >= 4 is 17.0 Å². The lowest BCUT2D eigenvalue weighted by molar-refractivity contribution is -0.0589. The van der Waals surface area contributed by atoms with E-state index in [9.17, 15) is 9.18 Å². The Morgan fingerprint density at radius 1 is 1.07 bits per heavy atom. The van der Waals surface area contributed by atoms with Crippen LogP contribution in [0, 0.1) is 28.8 Å². The summed E-state index contributed by atoms with van der Waals surface area (Å²) in [5, 5.41) is 13.0. The van der Waals surface area contributed by atoms with Crippen LogP contribution >= 0.6 is 0 Å². The molecule has 43 heavy (non-hydrogen) atoms. The molecule has 1 aliphatic rings. The van der Waals surface area contributed by atoms with Gasteiger partial charge in [0.25, 0.3) is 0 Å². The van der Waals surface area contributed by atoms with Gasteiger partial charge in [0.2, 0.25) is 5.88 Å². The minimum absolute atomic E-state index is 0.0123. The van der Waals surface area contributed by atoms with Crippen molar-refractivity contribution in [2.45, 2.75) is 32.1 Å². The Balaban J connectivity index is 1.24. The number of rotatable bonds is 9. The third-order valence-electron chi connectivity index (χ3n) is 7.26. The van der Waals surface area contributed by atoms with Crippen molar-refractivity contribution in [3.05, 3.63) is 106 Å². The van der Waals surface area contributed by atoms with Gasteiger partial charge in [-0.2, -0.15) is 5.26 Å². The molecule has 3 aromatic carbocycles. The summed E-state index contributed by atoms with van der Waals surface area (Å²) in [6.45, 7) is 0.924. The van der Waals surface area contributed by atoms with Crippen molar-refractivity contribution in [2.24, 2.45) is 0 Å². The van der Waals surface area contributed by atoms with Crippen LogP contribution in [0.3, 0.4) is 0 Å². The molecule has 0 unspecified atom stereocenters. The summed E-state index contributed by atoms with van der Waals surface area (Å²) in [6, 6.07) is 14.4. The Morgan fingerprint density at radius 3 is 2.60 bits per heavy atom. The molecule has 9 nitrogen and oxygen atoms in total. The van der Waals surface area contributed by atoms with Crippen LogP contribution in [0.2, 0.25) is 0 Å². The number of carbonyl (C=O) groups excluding carboxylic acids is 1. The maximum atomic E-state index is 15.4. The van der Waals surface area contributed by atoms with Crippen molar-refractivity contribution in [1.29, 1.82) is 5.26 Å². The molecule has 0 saturated carbocycles. The monoisotopic (exact) mass is 587 g/mol. The average Bonchev–Trinajstić information content (AvgIpc) is 3.59. The number of benzene rings is 3. The quantitative estimate of drug-likeness (QED) is 0.217. The van der Waals surface area contributed by atoms with Crippen molar-refractivity contribution in [2.75, 3.05) is 13.7 Å². The smallest absolute Gasteiger partial charge is 0.337 e. The first-order valence-corrected chi connectivity index (χ1v) is 13.4. The number of hydrogen-bond donors (Lipinski definition) is 0. The number of nitrogens with zero attached hydrogens (tertiary/aromatic N) is 5. The lowest BCUT2D eigenvalue weighted by atomic mass is 10.1. The number of esters is 1. The fourth-order valence-electron chi connectivity index (χ4n) is 4.85. The van der Waals surface area contributed by atoms with Crippen molar-refractivity contribution in [1.82, 2.24) is 19.3 Å². The van der Waals surface area contributed by atoms with Crippen LogP contribution in [0.5, 0.6) is 5.88 Å². The molecule has 218 valence electrons. The van der Waals surface area contributed by atoms with E-state index >= 15 is 8.78 Å². The van der Waals surface area contributed by atoms with Crippen molar-refractivity contribution in [3.8, 4) is 17.6 Å². The molecule has 0 radical (unpaired) electrons. The van der Waals surface area contributed by atoms with Gasteiger partial charge in [-0.15, -0.1) is 5.10 Å². The van der Waals surface area contributed by atoms with Crippen LogP contribution in [-0.4, -0.2) is 45.1 Å².